The smallest absolute Gasteiger partial charge is 0.137 e. The number of para-hydroxylation sites is 4. The van der Waals surface area contributed by atoms with Crippen LogP contribution in [0.5, 0.6) is 0 Å². The van der Waals surface area contributed by atoms with Crippen LogP contribution in [0.3, 0.4) is 0 Å². The molecule has 0 amide bonds. The first-order valence-corrected chi connectivity index (χ1v) is 20.8. The van der Waals surface area contributed by atoms with Crippen molar-refractivity contribution in [1.29, 1.82) is 0 Å². The molecule has 12 rings (SSSR count). The quantitative estimate of drug-likeness (QED) is 0.168. The van der Waals surface area contributed by atoms with Gasteiger partial charge in [-0.3, -0.25) is 0 Å². The highest BCUT2D eigenvalue weighted by Gasteiger charge is 2.35. The minimum Gasteiger partial charge on any atom is -0.456 e. The molecule has 0 saturated heterocycles. The van der Waals surface area contributed by atoms with Crippen LogP contribution >= 0.6 is 0 Å². The molecule has 11 aromatic rings. The van der Waals surface area contributed by atoms with Crippen LogP contribution in [0.1, 0.15) is 25.0 Å². The summed E-state index contributed by atoms with van der Waals surface area (Å²) in [5.41, 5.74) is 18.5. The van der Waals surface area contributed by atoms with Crippen LogP contribution in [0.15, 0.2) is 211 Å². The molecule has 0 atom stereocenters. The monoisotopic (exact) mass is 768 g/mol. The second-order valence-corrected chi connectivity index (χ2v) is 16.5. The predicted octanol–water partition coefficient (Wildman–Crippen LogP) is 15.8. The highest BCUT2D eigenvalue weighted by atomic mass is 16.3. The second-order valence-electron chi connectivity index (χ2n) is 16.5. The van der Waals surface area contributed by atoms with Crippen molar-refractivity contribution in [3.8, 4) is 39.1 Å². The van der Waals surface area contributed by atoms with Crippen molar-refractivity contribution >= 4 is 60.8 Å². The molecule has 3 nitrogen and oxygen atoms in total. The largest absolute Gasteiger partial charge is 0.456 e. The van der Waals surface area contributed by atoms with E-state index in [-0.39, 0.29) is 5.41 Å². The van der Waals surface area contributed by atoms with Crippen molar-refractivity contribution in [2.75, 3.05) is 4.90 Å². The van der Waals surface area contributed by atoms with E-state index in [2.05, 4.69) is 217 Å². The SMILES string of the molecule is CC1(C)c2ccccc2-c2ccc(N(c3ccc(-c4cccc(-c5ccccc5-n5c6ccccc6c6ccccc65)c4)cc3)c3ccc4c(c3)oc3ccccc34)cc21. The van der Waals surface area contributed by atoms with Gasteiger partial charge in [0.25, 0.3) is 0 Å². The first kappa shape index (κ1) is 34.4. The second kappa shape index (κ2) is 13.2. The molecular weight excluding hydrogens is 729 g/mol. The Morgan fingerprint density at radius 2 is 0.967 bits per heavy atom. The molecule has 0 radical (unpaired) electrons. The summed E-state index contributed by atoms with van der Waals surface area (Å²) < 4.78 is 8.85. The van der Waals surface area contributed by atoms with Crippen molar-refractivity contribution < 1.29 is 4.42 Å². The Morgan fingerprint density at radius 3 is 1.77 bits per heavy atom. The molecule has 1 aliphatic carbocycles. The number of fused-ring (bicyclic) bond motifs is 9. The highest BCUT2D eigenvalue weighted by Crippen LogP contribution is 2.51. The summed E-state index contributed by atoms with van der Waals surface area (Å²) in [5.74, 6) is 0. The highest BCUT2D eigenvalue weighted by molar-refractivity contribution is 6.10. The van der Waals surface area contributed by atoms with Crippen molar-refractivity contribution in [1.82, 2.24) is 4.57 Å². The molecule has 0 N–H and O–H groups in total. The Labute approximate surface area is 349 Å². The molecule has 0 fully saturated rings. The van der Waals surface area contributed by atoms with Crippen molar-refractivity contribution in [3.05, 3.63) is 217 Å². The van der Waals surface area contributed by atoms with Gasteiger partial charge in [0.1, 0.15) is 11.2 Å². The molecule has 3 heteroatoms. The van der Waals surface area contributed by atoms with Crippen LogP contribution in [0, 0.1) is 0 Å². The summed E-state index contributed by atoms with van der Waals surface area (Å²) in [7, 11) is 0. The van der Waals surface area contributed by atoms with Crippen molar-refractivity contribution in [3.63, 3.8) is 0 Å². The minimum absolute atomic E-state index is 0.120. The van der Waals surface area contributed by atoms with Crippen LogP contribution in [-0.4, -0.2) is 4.57 Å². The number of hydrogen-bond acceptors (Lipinski definition) is 2. The van der Waals surface area contributed by atoms with Gasteiger partial charge in [-0.15, -0.1) is 0 Å². The van der Waals surface area contributed by atoms with Gasteiger partial charge in [0.15, 0.2) is 0 Å². The van der Waals surface area contributed by atoms with Gasteiger partial charge in [-0.1, -0.05) is 147 Å². The number of rotatable bonds is 6. The Morgan fingerprint density at radius 1 is 0.383 bits per heavy atom. The van der Waals surface area contributed by atoms with Crippen LogP contribution in [0.25, 0.3) is 82.8 Å². The zero-order valence-electron chi connectivity index (χ0n) is 33.4. The van der Waals surface area contributed by atoms with Gasteiger partial charge < -0.3 is 13.9 Å². The van der Waals surface area contributed by atoms with E-state index in [4.69, 9.17) is 4.42 Å². The average Bonchev–Trinajstić information content (AvgIpc) is 3.92. The molecule has 0 saturated carbocycles. The van der Waals surface area contributed by atoms with E-state index in [1.807, 2.05) is 12.1 Å². The molecule has 9 aromatic carbocycles. The Bertz CT molecular complexity index is 3420. The van der Waals surface area contributed by atoms with E-state index in [1.165, 1.54) is 66.4 Å². The first-order chi connectivity index (χ1) is 29.5. The zero-order valence-corrected chi connectivity index (χ0v) is 33.4. The Balaban J connectivity index is 0.958. The summed E-state index contributed by atoms with van der Waals surface area (Å²) >= 11 is 0. The number of furan rings is 1. The summed E-state index contributed by atoms with van der Waals surface area (Å²) in [4.78, 5) is 2.37. The molecule has 0 unspecified atom stereocenters. The van der Waals surface area contributed by atoms with E-state index < -0.39 is 0 Å². The molecule has 2 heterocycles. The maximum atomic E-state index is 6.43. The minimum atomic E-state index is -0.120. The lowest BCUT2D eigenvalue weighted by atomic mass is 9.82. The molecular formula is C57H40N2O. The standard InChI is InChI=1S/C57H40N2O/c1-57(2)50-21-8-3-17-44(50)45-32-30-41(35-51(45)57)58(42-31-33-49-48-20-7-12-25-55(48)60-56(49)36-42)40-28-26-37(27-29-40)38-14-13-15-39(34-38)43-16-4-9-22-52(43)59-53-23-10-5-18-46(53)47-19-6-11-24-54(47)59/h3-36H,1-2H3. The normalized spacial score (nSPS) is 13.0. The Kier molecular flexibility index (Phi) is 7.58. The van der Waals surface area contributed by atoms with Gasteiger partial charge in [0, 0.05) is 55.7 Å². The van der Waals surface area contributed by atoms with E-state index in [0.29, 0.717) is 0 Å². The summed E-state index contributed by atoms with van der Waals surface area (Å²) in [6, 6.07) is 74.9. The van der Waals surface area contributed by atoms with Crippen molar-refractivity contribution in [2.45, 2.75) is 19.3 Å². The molecule has 2 aromatic heterocycles. The van der Waals surface area contributed by atoms with Gasteiger partial charge in [0.05, 0.1) is 16.7 Å². The van der Waals surface area contributed by atoms with E-state index in [0.717, 1.165) is 44.6 Å². The maximum Gasteiger partial charge on any atom is 0.137 e. The number of anilines is 3. The summed E-state index contributed by atoms with van der Waals surface area (Å²) in [6.07, 6.45) is 0. The lowest BCUT2D eigenvalue weighted by Crippen LogP contribution is -2.16. The zero-order chi connectivity index (χ0) is 40.0. The fourth-order valence-electron chi connectivity index (χ4n) is 9.90. The van der Waals surface area contributed by atoms with Gasteiger partial charge in [-0.05, 0) is 106 Å². The lowest BCUT2D eigenvalue weighted by molar-refractivity contribution is 0.660. The molecule has 1 aliphatic rings. The van der Waals surface area contributed by atoms with Crippen LogP contribution < -0.4 is 4.90 Å². The van der Waals surface area contributed by atoms with E-state index in [1.54, 1.807) is 0 Å². The van der Waals surface area contributed by atoms with Crippen molar-refractivity contribution in [2.24, 2.45) is 0 Å². The molecule has 284 valence electrons. The molecule has 0 aliphatic heterocycles. The topological polar surface area (TPSA) is 21.3 Å². The molecule has 0 bridgehead atoms. The lowest BCUT2D eigenvalue weighted by Gasteiger charge is -2.28. The average molecular weight is 769 g/mol. The third kappa shape index (κ3) is 5.22. The third-order valence-electron chi connectivity index (χ3n) is 12.8. The molecule has 60 heavy (non-hydrogen) atoms. The first-order valence-electron chi connectivity index (χ1n) is 20.8. The van der Waals surface area contributed by atoms with E-state index in [9.17, 15) is 0 Å². The van der Waals surface area contributed by atoms with E-state index >= 15 is 0 Å². The predicted molar refractivity (Wildman–Crippen MR) is 251 cm³/mol. The number of hydrogen-bond donors (Lipinski definition) is 0. The third-order valence-corrected chi connectivity index (χ3v) is 12.8. The van der Waals surface area contributed by atoms with Gasteiger partial charge in [-0.2, -0.15) is 0 Å². The fourth-order valence-corrected chi connectivity index (χ4v) is 9.90. The summed E-state index contributed by atoms with van der Waals surface area (Å²) in [6.45, 7) is 4.69. The van der Waals surface area contributed by atoms with Gasteiger partial charge in [-0.25, -0.2) is 0 Å². The van der Waals surface area contributed by atoms with Gasteiger partial charge >= 0.3 is 0 Å². The van der Waals surface area contributed by atoms with Crippen LogP contribution in [0.2, 0.25) is 0 Å². The number of aromatic nitrogens is 1. The van der Waals surface area contributed by atoms with Crippen LogP contribution in [0.4, 0.5) is 17.1 Å². The fraction of sp³-hybridized carbons (Fsp3) is 0.0526. The van der Waals surface area contributed by atoms with Gasteiger partial charge in [0.2, 0.25) is 0 Å². The number of nitrogens with zero attached hydrogens (tertiary/aromatic N) is 2. The Hall–Kier alpha value is -7.62. The molecule has 0 spiro atoms. The van der Waals surface area contributed by atoms with Crippen LogP contribution in [-0.2, 0) is 5.41 Å². The number of benzene rings is 9. The maximum absolute atomic E-state index is 6.43. The summed E-state index contributed by atoms with van der Waals surface area (Å²) in [5, 5.41) is 4.77.